The molecule has 0 aromatic carbocycles. The van der Waals surface area contributed by atoms with Gasteiger partial charge in [-0.3, -0.25) is 0 Å². The third-order valence-electron chi connectivity index (χ3n) is 0.260. The highest BCUT2D eigenvalue weighted by atomic mass is 19.3. The highest BCUT2D eigenvalue weighted by Crippen LogP contribution is 2.10. The normalized spacial score (nSPS) is 11.4. The van der Waals surface area contributed by atoms with Crippen LogP contribution in [0, 0.1) is 0 Å². The summed E-state index contributed by atoms with van der Waals surface area (Å²) in [7, 11) is -0.0417. The molecule has 0 bridgehead atoms. The second kappa shape index (κ2) is 2.23. The molecule has 7 heavy (non-hydrogen) atoms. The Hall–Kier alpha value is -0.155. The van der Waals surface area contributed by atoms with E-state index in [1.807, 2.05) is 0 Å². The van der Waals surface area contributed by atoms with E-state index in [9.17, 15) is 8.78 Å². The zero-order valence-electron chi connectivity index (χ0n) is 3.69. The van der Waals surface area contributed by atoms with Crippen LogP contribution in [0.15, 0.2) is 0 Å². The van der Waals surface area contributed by atoms with Crippen molar-refractivity contribution in [1.82, 2.24) is 0 Å². The van der Waals surface area contributed by atoms with Crippen molar-refractivity contribution in [3.8, 4) is 0 Å². The quantitative estimate of drug-likeness (QED) is 0.511. The van der Waals surface area contributed by atoms with Crippen LogP contribution in [0.1, 0.15) is 6.92 Å². The predicted octanol–water partition coefficient (Wildman–Crippen LogP) is 0.142. The minimum Gasteiger partial charge on any atom is -0.429 e. The molecule has 0 amide bonds. The van der Waals surface area contributed by atoms with Crippen molar-refractivity contribution >= 4 is 7.69 Å². The average molecular weight is 109 g/mol. The van der Waals surface area contributed by atoms with E-state index in [0.29, 0.717) is 6.92 Å². The first-order valence-corrected chi connectivity index (χ1v) is 1.58. The van der Waals surface area contributed by atoms with E-state index in [4.69, 9.17) is 5.02 Å². The van der Waals surface area contributed by atoms with Gasteiger partial charge in [-0.15, -0.1) is 0 Å². The number of hydrogen-bond acceptors (Lipinski definition) is 2. The Morgan fingerprint density at radius 1 is 1.71 bits per heavy atom. The third kappa shape index (κ3) is 5.84. The van der Waals surface area contributed by atoms with Crippen LogP contribution in [0.3, 0.4) is 0 Å². The summed E-state index contributed by atoms with van der Waals surface area (Å²) in [6, 6.07) is 0. The highest BCUT2D eigenvalue weighted by molar-refractivity contribution is 6.15. The van der Waals surface area contributed by atoms with Gasteiger partial charge in [0.25, 0.3) is 0 Å². The van der Waals surface area contributed by atoms with Gasteiger partial charge in [-0.25, -0.2) is 0 Å². The van der Waals surface area contributed by atoms with E-state index in [-0.39, 0.29) is 7.69 Å². The van der Waals surface area contributed by atoms with Crippen LogP contribution in [0.2, 0.25) is 0 Å². The summed E-state index contributed by atoms with van der Waals surface area (Å²) in [5, 5.41) is 7.57. The smallest absolute Gasteiger partial charge is 0.429 e. The molecule has 0 heterocycles. The van der Waals surface area contributed by atoms with Crippen molar-refractivity contribution < 1.29 is 18.5 Å². The van der Waals surface area contributed by atoms with Gasteiger partial charge in [-0.2, -0.15) is 8.78 Å². The van der Waals surface area contributed by atoms with Crippen molar-refractivity contribution in [3.63, 3.8) is 0 Å². The second-order valence-electron chi connectivity index (χ2n) is 1.03. The number of halogens is 2. The molecule has 0 atom stereocenters. The summed E-state index contributed by atoms with van der Waals surface area (Å²) < 4.78 is 25.9. The summed E-state index contributed by atoms with van der Waals surface area (Å²) in [5.74, 6) is 0. The van der Waals surface area contributed by atoms with E-state index >= 15 is 0 Å². The lowest BCUT2D eigenvalue weighted by Gasteiger charge is -2.05. The third-order valence-corrected chi connectivity index (χ3v) is 0.260. The Labute approximate surface area is 40.4 Å². The predicted molar refractivity (Wildman–Crippen MR) is 19.7 cm³/mol. The number of hydrogen-bond donors (Lipinski definition) is 1. The zero-order valence-corrected chi connectivity index (χ0v) is 3.69. The fourth-order valence-electron chi connectivity index (χ4n) is 0.0925. The minimum absolute atomic E-state index is 0.0417. The molecule has 0 fully saturated rings. The molecule has 0 aliphatic rings. The van der Waals surface area contributed by atoms with Crippen molar-refractivity contribution in [1.29, 1.82) is 0 Å². The summed E-state index contributed by atoms with van der Waals surface area (Å²) in [6.07, 6.45) is -3.26. The van der Waals surface area contributed by atoms with Gasteiger partial charge < -0.3 is 9.68 Å². The lowest BCUT2D eigenvalue weighted by Crippen LogP contribution is -2.17. The van der Waals surface area contributed by atoms with Crippen molar-refractivity contribution in [2.75, 3.05) is 0 Å². The fraction of sp³-hybridized carbons (Fsp3) is 1.00. The molecule has 0 saturated carbocycles. The van der Waals surface area contributed by atoms with Gasteiger partial charge in [-0.05, 0) is 0 Å². The Morgan fingerprint density at radius 2 is 2.14 bits per heavy atom. The fourth-order valence-corrected chi connectivity index (χ4v) is 0.0925. The molecular weight excluding hydrogens is 105 g/mol. The molecule has 2 nitrogen and oxygen atoms in total. The Kier molecular flexibility index (Phi) is 2.18. The zero-order chi connectivity index (χ0) is 5.91. The molecule has 0 aliphatic carbocycles. The standard InChI is InChI=1S/C2H4BF2O2/c1-2(4,5)7-3-6/h6H,1H3. The largest absolute Gasteiger partial charge is 0.489 e. The maximum atomic E-state index is 11.3. The molecule has 0 rings (SSSR count). The van der Waals surface area contributed by atoms with E-state index in [2.05, 4.69) is 4.65 Å². The van der Waals surface area contributed by atoms with Crippen molar-refractivity contribution in [3.05, 3.63) is 0 Å². The highest BCUT2D eigenvalue weighted by Gasteiger charge is 2.20. The van der Waals surface area contributed by atoms with Crippen LogP contribution >= 0.6 is 0 Å². The molecule has 0 saturated heterocycles. The molecule has 0 aliphatic heterocycles. The van der Waals surface area contributed by atoms with Gasteiger partial charge >= 0.3 is 13.8 Å². The molecule has 0 aromatic rings. The van der Waals surface area contributed by atoms with Gasteiger partial charge in [-0.1, -0.05) is 0 Å². The summed E-state index contributed by atoms with van der Waals surface area (Å²) >= 11 is 0. The number of rotatable bonds is 2. The first-order valence-electron chi connectivity index (χ1n) is 1.58. The van der Waals surface area contributed by atoms with Crippen LogP contribution in [0.4, 0.5) is 8.78 Å². The lowest BCUT2D eigenvalue weighted by molar-refractivity contribution is -0.165. The molecule has 1 N–H and O–H groups in total. The van der Waals surface area contributed by atoms with Crippen molar-refractivity contribution in [2.45, 2.75) is 13.0 Å². The van der Waals surface area contributed by atoms with Gasteiger partial charge in [0.15, 0.2) is 0 Å². The monoisotopic (exact) mass is 109 g/mol. The van der Waals surface area contributed by atoms with Crippen LogP contribution in [0.5, 0.6) is 0 Å². The number of alkyl halides is 2. The molecule has 5 heteroatoms. The molecule has 0 spiro atoms. The maximum Gasteiger partial charge on any atom is 0.489 e. The minimum atomic E-state index is -3.26. The van der Waals surface area contributed by atoms with E-state index < -0.39 is 6.11 Å². The topological polar surface area (TPSA) is 29.5 Å². The maximum absolute atomic E-state index is 11.3. The average Bonchev–Trinajstić information content (AvgIpc) is 1.30. The first-order chi connectivity index (χ1) is 3.06. The molecule has 0 unspecified atom stereocenters. The molecule has 0 aromatic heterocycles. The Morgan fingerprint density at radius 3 is 2.14 bits per heavy atom. The summed E-state index contributed by atoms with van der Waals surface area (Å²) in [5.41, 5.74) is 0. The van der Waals surface area contributed by atoms with Crippen LogP contribution in [0.25, 0.3) is 0 Å². The summed E-state index contributed by atoms with van der Waals surface area (Å²) in [4.78, 5) is 0. The SMILES string of the molecule is CC(F)(F)O[B]O. The second-order valence-corrected chi connectivity index (χ2v) is 1.03. The molecule has 1 radical (unpaired) electrons. The Balaban J connectivity index is 3.15. The summed E-state index contributed by atoms with van der Waals surface area (Å²) in [6.45, 7) is 0.528. The lowest BCUT2D eigenvalue weighted by atomic mass is 10.4. The van der Waals surface area contributed by atoms with Crippen molar-refractivity contribution in [2.24, 2.45) is 0 Å². The van der Waals surface area contributed by atoms with Crippen LogP contribution in [-0.4, -0.2) is 18.8 Å². The molecule has 41 valence electrons. The van der Waals surface area contributed by atoms with Gasteiger partial charge in [0, 0.05) is 6.92 Å². The van der Waals surface area contributed by atoms with E-state index in [0.717, 1.165) is 0 Å². The van der Waals surface area contributed by atoms with Gasteiger partial charge in [0.05, 0.1) is 0 Å². The van der Waals surface area contributed by atoms with Gasteiger partial charge in [0.2, 0.25) is 0 Å². The first kappa shape index (κ1) is 6.84. The Bertz CT molecular complexity index is 52.1. The van der Waals surface area contributed by atoms with E-state index in [1.54, 1.807) is 0 Å². The van der Waals surface area contributed by atoms with Crippen LogP contribution in [-0.2, 0) is 4.65 Å². The van der Waals surface area contributed by atoms with E-state index in [1.165, 1.54) is 0 Å². The van der Waals surface area contributed by atoms with Crippen LogP contribution < -0.4 is 0 Å². The molecular formula is C2H4BF2O2. The van der Waals surface area contributed by atoms with Gasteiger partial charge in [0.1, 0.15) is 0 Å².